The van der Waals surface area contributed by atoms with Crippen LogP contribution in [0.1, 0.15) is 62.6 Å². The van der Waals surface area contributed by atoms with E-state index in [9.17, 15) is 0 Å². The molecule has 0 bridgehead atoms. The van der Waals surface area contributed by atoms with Gasteiger partial charge in [0.1, 0.15) is 0 Å². The summed E-state index contributed by atoms with van der Waals surface area (Å²) >= 11 is 0. The first-order valence-electron chi connectivity index (χ1n) is 7.59. The third kappa shape index (κ3) is 3.84. The average Bonchev–Trinajstić information content (AvgIpc) is 2.87. The Morgan fingerprint density at radius 3 is 2.72 bits per heavy atom. The second-order valence-corrected chi connectivity index (χ2v) is 5.81. The van der Waals surface area contributed by atoms with Gasteiger partial charge in [-0.05, 0) is 37.8 Å². The first-order valence-corrected chi connectivity index (χ1v) is 7.59. The Labute approximate surface area is 112 Å². The average molecular weight is 245 g/mol. The van der Waals surface area contributed by atoms with Crippen molar-refractivity contribution in [2.45, 2.75) is 58.4 Å². The van der Waals surface area contributed by atoms with Crippen LogP contribution < -0.4 is 5.32 Å². The van der Waals surface area contributed by atoms with Gasteiger partial charge in [-0.2, -0.15) is 0 Å². The SMILES string of the molecule is CCCNC(CC1CCCC1)c1cccc(C)c1. The van der Waals surface area contributed by atoms with Gasteiger partial charge in [0.05, 0.1) is 0 Å². The Kier molecular flexibility index (Phi) is 5.25. The monoisotopic (exact) mass is 245 g/mol. The van der Waals surface area contributed by atoms with Crippen molar-refractivity contribution in [3.63, 3.8) is 0 Å². The van der Waals surface area contributed by atoms with Gasteiger partial charge in [-0.15, -0.1) is 0 Å². The van der Waals surface area contributed by atoms with E-state index in [-0.39, 0.29) is 0 Å². The van der Waals surface area contributed by atoms with Gasteiger partial charge in [-0.3, -0.25) is 0 Å². The Bertz CT molecular complexity index is 352. The Balaban J connectivity index is 2.03. The second kappa shape index (κ2) is 6.94. The fourth-order valence-corrected chi connectivity index (χ4v) is 3.12. The van der Waals surface area contributed by atoms with Crippen LogP contribution in [0.3, 0.4) is 0 Å². The van der Waals surface area contributed by atoms with Crippen LogP contribution in [-0.2, 0) is 0 Å². The molecule has 2 rings (SSSR count). The lowest BCUT2D eigenvalue weighted by molar-refractivity contribution is 0.395. The molecule has 0 heterocycles. The molecule has 0 amide bonds. The molecule has 1 aliphatic carbocycles. The zero-order chi connectivity index (χ0) is 12.8. The van der Waals surface area contributed by atoms with E-state index in [1.54, 1.807) is 0 Å². The van der Waals surface area contributed by atoms with E-state index in [1.807, 2.05) is 0 Å². The Morgan fingerprint density at radius 1 is 1.28 bits per heavy atom. The summed E-state index contributed by atoms with van der Waals surface area (Å²) in [6.45, 7) is 5.57. The summed E-state index contributed by atoms with van der Waals surface area (Å²) in [5.74, 6) is 0.944. The third-order valence-electron chi connectivity index (χ3n) is 4.13. The molecule has 1 fully saturated rings. The molecule has 0 radical (unpaired) electrons. The summed E-state index contributed by atoms with van der Waals surface area (Å²) in [6.07, 6.45) is 8.31. The van der Waals surface area contributed by atoms with Gasteiger partial charge >= 0.3 is 0 Å². The van der Waals surface area contributed by atoms with E-state index in [1.165, 1.54) is 49.7 Å². The number of benzene rings is 1. The van der Waals surface area contributed by atoms with E-state index in [2.05, 4.69) is 43.4 Å². The maximum absolute atomic E-state index is 3.74. The minimum atomic E-state index is 0.563. The topological polar surface area (TPSA) is 12.0 Å². The summed E-state index contributed by atoms with van der Waals surface area (Å²) in [4.78, 5) is 0. The lowest BCUT2D eigenvalue weighted by atomic mass is 9.93. The zero-order valence-electron chi connectivity index (χ0n) is 11.9. The molecule has 1 unspecified atom stereocenters. The first kappa shape index (κ1) is 13.6. The second-order valence-electron chi connectivity index (χ2n) is 5.81. The highest BCUT2D eigenvalue weighted by molar-refractivity contribution is 5.25. The quantitative estimate of drug-likeness (QED) is 0.771. The van der Waals surface area contributed by atoms with Gasteiger partial charge < -0.3 is 5.32 Å². The van der Waals surface area contributed by atoms with E-state index >= 15 is 0 Å². The molecule has 1 atom stereocenters. The molecule has 100 valence electrons. The molecule has 0 aliphatic heterocycles. The normalized spacial score (nSPS) is 18.1. The predicted molar refractivity (Wildman–Crippen MR) is 78.8 cm³/mol. The maximum atomic E-state index is 3.74. The molecule has 1 aromatic rings. The van der Waals surface area contributed by atoms with Crippen LogP contribution in [0, 0.1) is 12.8 Å². The first-order chi connectivity index (χ1) is 8.79. The van der Waals surface area contributed by atoms with Crippen LogP contribution in [0.4, 0.5) is 0 Å². The number of aryl methyl sites for hydroxylation is 1. The summed E-state index contributed by atoms with van der Waals surface area (Å²) in [6, 6.07) is 9.58. The van der Waals surface area contributed by atoms with Crippen LogP contribution in [0.15, 0.2) is 24.3 Å². The fraction of sp³-hybridized carbons (Fsp3) is 0.647. The smallest absolute Gasteiger partial charge is 0.0322 e. The van der Waals surface area contributed by atoms with E-state index in [0.717, 1.165) is 12.5 Å². The molecule has 1 nitrogen and oxygen atoms in total. The van der Waals surface area contributed by atoms with Gasteiger partial charge in [-0.25, -0.2) is 0 Å². The molecular formula is C17H27N. The number of hydrogen-bond donors (Lipinski definition) is 1. The van der Waals surface area contributed by atoms with Gasteiger partial charge in [0, 0.05) is 6.04 Å². The van der Waals surface area contributed by atoms with Crippen molar-refractivity contribution >= 4 is 0 Å². The van der Waals surface area contributed by atoms with Crippen molar-refractivity contribution in [1.82, 2.24) is 5.32 Å². The van der Waals surface area contributed by atoms with Crippen LogP contribution in [0.2, 0.25) is 0 Å². The molecule has 1 heteroatoms. The number of hydrogen-bond acceptors (Lipinski definition) is 1. The molecule has 1 aromatic carbocycles. The highest BCUT2D eigenvalue weighted by Gasteiger charge is 2.20. The fourth-order valence-electron chi connectivity index (χ4n) is 3.12. The summed E-state index contributed by atoms with van der Waals surface area (Å²) in [5, 5.41) is 3.74. The lowest BCUT2D eigenvalue weighted by Crippen LogP contribution is -2.24. The van der Waals surface area contributed by atoms with Crippen LogP contribution in [-0.4, -0.2) is 6.54 Å². The zero-order valence-corrected chi connectivity index (χ0v) is 11.9. The number of nitrogens with one attached hydrogen (secondary N) is 1. The van der Waals surface area contributed by atoms with Gasteiger partial charge in [0.15, 0.2) is 0 Å². The highest BCUT2D eigenvalue weighted by Crippen LogP contribution is 2.33. The third-order valence-corrected chi connectivity index (χ3v) is 4.13. The Morgan fingerprint density at radius 2 is 2.06 bits per heavy atom. The molecule has 1 N–H and O–H groups in total. The Hall–Kier alpha value is -0.820. The van der Waals surface area contributed by atoms with Crippen molar-refractivity contribution in [1.29, 1.82) is 0 Å². The number of rotatable bonds is 6. The van der Waals surface area contributed by atoms with Crippen molar-refractivity contribution in [2.75, 3.05) is 6.54 Å². The molecule has 0 spiro atoms. The van der Waals surface area contributed by atoms with Crippen molar-refractivity contribution in [2.24, 2.45) is 5.92 Å². The molecule has 0 aromatic heterocycles. The molecular weight excluding hydrogens is 218 g/mol. The molecule has 1 aliphatic rings. The minimum absolute atomic E-state index is 0.563. The van der Waals surface area contributed by atoms with Crippen LogP contribution in [0.25, 0.3) is 0 Å². The lowest BCUT2D eigenvalue weighted by Gasteiger charge is -2.22. The van der Waals surface area contributed by atoms with Gasteiger partial charge in [0.2, 0.25) is 0 Å². The maximum Gasteiger partial charge on any atom is 0.0322 e. The predicted octanol–water partition coefficient (Wildman–Crippen LogP) is 4.62. The molecule has 1 saturated carbocycles. The highest BCUT2D eigenvalue weighted by atomic mass is 14.9. The van der Waals surface area contributed by atoms with Crippen molar-refractivity contribution in [3.05, 3.63) is 35.4 Å². The van der Waals surface area contributed by atoms with Crippen LogP contribution >= 0.6 is 0 Å². The van der Waals surface area contributed by atoms with Gasteiger partial charge in [0.25, 0.3) is 0 Å². The molecule has 0 saturated heterocycles. The van der Waals surface area contributed by atoms with Crippen molar-refractivity contribution in [3.8, 4) is 0 Å². The minimum Gasteiger partial charge on any atom is -0.310 e. The van der Waals surface area contributed by atoms with E-state index < -0.39 is 0 Å². The summed E-state index contributed by atoms with van der Waals surface area (Å²) < 4.78 is 0. The van der Waals surface area contributed by atoms with E-state index in [0.29, 0.717) is 6.04 Å². The standard InChI is InChI=1S/C17H27N/c1-3-11-18-17(13-15-8-4-5-9-15)16-10-6-7-14(2)12-16/h6-7,10,12,15,17-18H,3-5,8-9,11,13H2,1-2H3. The van der Waals surface area contributed by atoms with Crippen molar-refractivity contribution < 1.29 is 0 Å². The summed E-state index contributed by atoms with van der Waals surface area (Å²) in [5.41, 5.74) is 2.86. The van der Waals surface area contributed by atoms with Gasteiger partial charge in [-0.1, -0.05) is 62.4 Å². The molecule has 18 heavy (non-hydrogen) atoms. The van der Waals surface area contributed by atoms with E-state index in [4.69, 9.17) is 0 Å². The largest absolute Gasteiger partial charge is 0.310 e. The van der Waals surface area contributed by atoms with Crippen LogP contribution in [0.5, 0.6) is 0 Å². The summed E-state index contributed by atoms with van der Waals surface area (Å²) in [7, 11) is 0.